The number of anilines is 1. The fourth-order valence-electron chi connectivity index (χ4n) is 1.90. The quantitative estimate of drug-likeness (QED) is 0.448. The van der Waals surface area contributed by atoms with Gasteiger partial charge in [-0.3, -0.25) is 10.1 Å². The van der Waals surface area contributed by atoms with Crippen LogP contribution in [0.25, 0.3) is 0 Å². The van der Waals surface area contributed by atoms with Gasteiger partial charge in [0.25, 0.3) is 5.69 Å². The van der Waals surface area contributed by atoms with Crippen molar-refractivity contribution in [2.24, 2.45) is 5.92 Å². The van der Waals surface area contributed by atoms with Crippen molar-refractivity contribution in [3.8, 4) is 0 Å². The monoisotopic (exact) mass is 270 g/mol. The highest BCUT2D eigenvalue weighted by Crippen LogP contribution is 2.30. The highest BCUT2D eigenvalue weighted by Gasteiger charge is 2.19. The normalized spacial score (nSPS) is 10.7. The predicted molar refractivity (Wildman–Crippen MR) is 75.4 cm³/mol. The zero-order valence-electron chi connectivity index (χ0n) is 11.0. The van der Waals surface area contributed by atoms with E-state index in [0.29, 0.717) is 11.6 Å². The van der Waals surface area contributed by atoms with E-state index in [0.717, 1.165) is 18.7 Å². The summed E-state index contributed by atoms with van der Waals surface area (Å²) in [7, 11) is 0. The van der Waals surface area contributed by atoms with Gasteiger partial charge in [-0.1, -0.05) is 19.9 Å². The largest absolute Gasteiger partial charge is 0.366 e. The topological polar surface area (TPSA) is 46.4 Å². The summed E-state index contributed by atoms with van der Waals surface area (Å²) in [6.07, 6.45) is 0. The SMILES string of the molecule is CCN(CC(C)C)c1ccc(CCl)cc1[N+](=O)[O-]. The molecule has 0 heterocycles. The lowest BCUT2D eigenvalue weighted by molar-refractivity contribution is -0.384. The van der Waals surface area contributed by atoms with E-state index in [1.165, 1.54) is 0 Å². The number of benzene rings is 1. The van der Waals surface area contributed by atoms with Crippen LogP contribution in [0, 0.1) is 16.0 Å². The molecule has 0 unspecified atom stereocenters. The highest BCUT2D eigenvalue weighted by atomic mass is 35.5. The molecule has 1 aromatic carbocycles. The molecule has 0 N–H and O–H groups in total. The standard InChI is InChI=1S/C13H19ClN2O2/c1-4-15(9-10(2)3)12-6-5-11(8-14)7-13(12)16(17)18/h5-7,10H,4,8-9H2,1-3H3. The van der Waals surface area contributed by atoms with Crippen molar-refractivity contribution in [1.82, 2.24) is 0 Å². The number of hydrogen-bond acceptors (Lipinski definition) is 3. The van der Waals surface area contributed by atoms with Crippen LogP contribution in [0.2, 0.25) is 0 Å². The van der Waals surface area contributed by atoms with Crippen LogP contribution < -0.4 is 4.90 Å². The van der Waals surface area contributed by atoms with Gasteiger partial charge in [0.15, 0.2) is 0 Å². The number of rotatable bonds is 6. The molecule has 0 saturated carbocycles. The summed E-state index contributed by atoms with van der Waals surface area (Å²) in [6.45, 7) is 7.75. The number of nitro groups is 1. The molecule has 4 nitrogen and oxygen atoms in total. The van der Waals surface area contributed by atoms with Crippen molar-refractivity contribution in [3.05, 3.63) is 33.9 Å². The molecule has 100 valence electrons. The molecule has 1 aromatic rings. The van der Waals surface area contributed by atoms with Crippen LogP contribution in [0.15, 0.2) is 18.2 Å². The van der Waals surface area contributed by atoms with Crippen molar-refractivity contribution in [2.75, 3.05) is 18.0 Å². The van der Waals surface area contributed by atoms with Crippen LogP contribution in [0.1, 0.15) is 26.3 Å². The third kappa shape index (κ3) is 3.60. The molecule has 0 bridgehead atoms. The van der Waals surface area contributed by atoms with Crippen LogP contribution >= 0.6 is 11.6 Å². The maximum absolute atomic E-state index is 11.1. The number of halogens is 1. The van der Waals surface area contributed by atoms with Gasteiger partial charge in [-0.25, -0.2) is 0 Å². The van der Waals surface area contributed by atoms with Gasteiger partial charge in [-0.2, -0.15) is 0 Å². The zero-order chi connectivity index (χ0) is 13.7. The first-order valence-electron chi connectivity index (χ1n) is 6.07. The Morgan fingerprint density at radius 1 is 1.44 bits per heavy atom. The molecule has 0 saturated heterocycles. The molecule has 0 spiro atoms. The minimum Gasteiger partial charge on any atom is -0.366 e. The van der Waals surface area contributed by atoms with Crippen LogP contribution in [0.4, 0.5) is 11.4 Å². The third-order valence-electron chi connectivity index (χ3n) is 2.70. The summed E-state index contributed by atoms with van der Waals surface area (Å²) in [6, 6.07) is 5.20. The lowest BCUT2D eigenvalue weighted by Gasteiger charge is -2.25. The van der Waals surface area contributed by atoms with E-state index in [9.17, 15) is 10.1 Å². The van der Waals surface area contributed by atoms with Crippen LogP contribution in [0.5, 0.6) is 0 Å². The average molecular weight is 271 g/mol. The molecular formula is C13H19ClN2O2. The number of nitrogens with zero attached hydrogens (tertiary/aromatic N) is 2. The number of alkyl halides is 1. The Bertz CT molecular complexity index is 421. The molecule has 5 heteroatoms. The van der Waals surface area contributed by atoms with Crippen LogP contribution in [0.3, 0.4) is 0 Å². The van der Waals surface area contributed by atoms with Crippen molar-refractivity contribution in [2.45, 2.75) is 26.7 Å². The smallest absolute Gasteiger partial charge is 0.292 e. The van der Waals surface area contributed by atoms with Crippen LogP contribution in [-0.2, 0) is 5.88 Å². The number of hydrogen-bond donors (Lipinski definition) is 0. The summed E-state index contributed by atoms with van der Waals surface area (Å²) in [5.74, 6) is 0.745. The second-order valence-electron chi connectivity index (χ2n) is 4.65. The Kier molecular flexibility index (Phi) is 5.41. The molecule has 0 aliphatic heterocycles. The molecule has 0 amide bonds. The number of nitro benzene ring substituents is 1. The van der Waals surface area contributed by atoms with Gasteiger partial charge >= 0.3 is 0 Å². The molecule has 0 aliphatic carbocycles. The molecule has 0 fully saturated rings. The fraction of sp³-hybridized carbons (Fsp3) is 0.538. The molecule has 0 aliphatic rings. The Hall–Kier alpha value is -1.29. The minimum atomic E-state index is -0.339. The van der Waals surface area contributed by atoms with Crippen LogP contribution in [-0.4, -0.2) is 18.0 Å². The first-order chi connectivity index (χ1) is 8.49. The van der Waals surface area contributed by atoms with Gasteiger partial charge in [0.2, 0.25) is 0 Å². The van der Waals surface area contributed by atoms with Gasteiger partial charge < -0.3 is 4.90 Å². The van der Waals surface area contributed by atoms with E-state index in [2.05, 4.69) is 13.8 Å². The summed E-state index contributed by atoms with van der Waals surface area (Å²) < 4.78 is 0. The summed E-state index contributed by atoms with van der Waals surface area (Å²) >= 11 is 5.72. The summed E-state index contributed by atoms with van der Waals surface area (Å²) in [5, 5.41) is 11.1. The Morgan fingerprint density at radius 3 is 2.56 bits per heavy atom. The van der Waals surface area contributed by atoms with Gasteiger partial charge in [0.05, 0.1) is 4.92 Å². The van der Waals surface area contributed by atoms with Gasteiger partial charge in [0, 0.05) is 25.0 Å². The van der Waals surface area contributed by atoms with E-state index in [4.69, 9.17) is 11.6 Å². The first-order valence-corrected chi connectivity index (χ1v) is 6.61. The average Bonchev–Trinajstić information content (AvgIpc) is 2.34. The molecule has 0 radical (unpaired) electrons. The minimum absolute atomic E-state index is 0.135. The second-order valence-corrected chi connectivity index (χ2v) is 4.91. The summed E-state index contributed by atoms with van der Waals surface area (Å²) in [5.41, 5.74) is 1.58. The maximum Gasteiger partial charge on any atom is 0.292 e. The van der Waals surface area contributed by atoms with Gasteiger partial charge in [-0.05, 0) is 24.5 Å². The Balaban J connectivity index is 3.16. The molecule has 0 aromatic heterocycles. The van der Waals surface area contributed by atoms with Gasteiger partial charge in [-0.15, -0.1) is 11.6 Å². The van der Waals surface area contributed by atoms with E-state index >= 15 is 0 Å². The predicted octanol–water partition coefficient (Wildman–Crippen LogP) is 3.82. The highest BCUT2D eigenvalue weighted by molar-refractivity contribution is 6.17. The van der Waals surface area contributed by atoms with Gasteiger partial charge in [0.1, 0.15) is 5.69 Å². The Labute approximate surface area is 113 Å². The Morgan fingerprint density at radius 2 is 2.11 bits per heavy atom. The zero-order valence-corrected chi connectivity index (χ0v) is 11.8. The second kappa shape index (κ2) is 6.59. The van der Waals surface area contributed by atoms with Crippen molar-refractivity contribution >= 4 is 23.0 Å². The molecule has 18 heavy (non-hydrogen) atoms. The summed E-state index contributed by atoms with van der Waals surface area (Å²) in [4.78, 5) is 12.8. The molecular weight excluding hydrogens is 252 g/mol. The van der Waals surface area contributed by atoms with Crippen molar-refractivity contribution in [3.63, 3.8) is 0 Å². The van der Waals surface area contributed by atoms with Crippen molar-refractivity contribution in [1.29, 1.82) is 0 Å². The van der Waals surface area contributed by atoms with E-state index in [-0.39, 0.29) is 16.5 Å². The van der Waals surface area contributed by atoms with E-state index in [1.54, 1.807) is 12.1 Å². The van der Waals surface area contributed by atoms with Crippen molar-refractivity contribution < 1.29 is 4.92 Å². The molecule has 1 rings (SSSR count). The molecule has 0 atom stereocenters. The maximum atomic E-state index is 11.1. The lowest BCUT2D eigenvalue weighted by Crippen LogP contribution is -2.27. The van der Waals surface area contributed by atoms with E-state index in [1.807, 2.05) is 17.9 Å². The third-order valence-corrected chi connectivity index (χ3v) is 3.01. The van der Waals surface area contributed by atoms with E-state index < -0.39 is 0 Å². The first kappa shape index (κ1) is 14.8. The fourth-order valence-corrected chi connectivity index (χ4v) is 2.07. The lowest BCUT2D eigenvalue weighted by atomic mass is 10.1.